The minimum atomic E-state index is -4.50. The number of para-hydroxylation sites is 1. The van der Waals surface area contributed by atoms with E-state index >= 15 is 0 Å². The van der Waals surface area contributed by atoms with E-state index < -0.39 is 33.3 Å². The molecule has 0 aliphatic carbocycles. The summed E-state index contributed by atoms with van der Waals surface area (Å²) in [5.74, 6) is -0.880. The molecule has 0 aliphatic rings. The number of alkyl halides is 2. The number of nitrogens with zero attached hydrogens (tertiary/aromatic N) is 3. The van der Waals surface area contributed by atoms with Gasteiger partial charge in [-0.1, -0.05) is 12.1 Å². The van der Waals surface area contributed by atoms with Crippen LogP contribution in [0.2, 0.25) is 0 Å². The normalized spacial score (nSPS) is 11.1. The molecule has 2 N–H and O–H groups in total. The van der Waals surface area contributed by atoms with Crippen molar-refractivity contribution in [2.75, 3.05) is 11.9 Å². The van der Waals surface area contributed by atoms with E-state index in [1.165, 1.54) is 12.1 Å². The predicted octanol–water partition coefficient (Wildman–Crippen LogP) is 1.38. The van der Waals surface area contributed by atoms with E-state index in [0.717, 1.165) is 18.5 Å². The molecule has 0 saturated heterocycles. The number of benzene rings is 1. The van der Waals surface area contributed by atoms with Gasteiger partial charge >= 0.3 is 18.7 Å². The number of hydrogen-bond acceptors (Lipinski definition) is 8. The lowest BCUT2D eigenvalue weighted by Crippen LogP contribution is -2.35. The first kappa shape index (κ1) is 19.2. The molecule has 0 radical (unpaired) electrons. The first-order valence-corrected chi connectivity index (χ1v) is 8.49. The average Bonchev–Trinajstić information content (AvgIpc) is 2.54. The van der Waals surface area contributed by atoms with Gasteiger partial charge in [0.15, 0.2) is 0 Å². The molecule has 0 unspecified atom stereocenters. The summed E-state index contributed by atoms with van der Waals surface area (Å²) in [4.78, 5) is 22.3. The summed E-state index contributed by atoms with van der Waals surface area (Å²) in [6.45, 7) is -1.28. The fourth-order valence-electron chi connectivity index (χ4n) is 1.71. The largest absolute Gasteiger partial charge is 0.464 e. The van der Waals surface area contributed by atoms with Gasteiger partial charge in [-0.25, -0.2) is 22.9 Å². The van der Waals surface area contributed by atoms with Crippen LogP contribution < -0.4 is 19.5 Å². The van der Waals surface area contributed by atoms with Gasteiger partial charge in [0.25, 0.3) is 10.0 Å². The summed E-state index contributed by atoms with van der Waals surface area (Å²) >= 11 is 0. The second-order valence-corrected chi connectivity index (χ2v) is 6.06. The lowest BCUT2D eigenvalue weighted by Gasteiger charge is -2.12. The number of urea groups is 1. The van der Waals surface area contributed by atoms with Gasteiger partial charge in [0.05, 0.1) is 6.61 Å². The maximum absolute atomic E-state index is 12.4. The maximum atomic E-state index is 12.4. The molecule has 2 aromatic rings. The van der Waals surface area contributed by atoms with Crippen LogP contribution in [0, 0.1) is 0 Å². The Labute approximate surface area is 146 Å². The lowest BCUT2D eigenvalue weighted by atomic mass is 10.3. The van der Waals surface area contributed by atoms with E-state index in [0.29, 0.717) is 0 Å². The Balaban J connectivity index is 2.14. The SMILES string of the molecule is CCOc1ncnc(NC(=O)NS(=O)(=O)c2ccccc2OC(F)F)n1. The summed E-state index contributed by atoms with van der Waals surface area (Å²) < 4.78 is 60.0. The molecule has 26 heavy (non-hydrogen) atoms. The molecule has 1 aromatic heterocycles. The summed E-state index contributed by atoms with van der Waals surface area (Å²) in [6.07, 6.45) is 1.05. The molecule has 2 amide bonds. The molecule has 1 heterocycles. The van der Waals surface area contributed by atoms with E-state index in [2.05, 4.69) is 25.0 Å². The molecule has 1 aromatic carbocycles. The Morgan fingerprint density at radius 3 is 2.69 bits per heavy atom. The van der Waals surface area contributed by atoms with Crippen molar-refractivity contribution in [3.05, 3.63) is 30.6 Å². The molecule has 2 rings (SSSR count). The van der Waals surface area contributed by atoms with Crippen LogP contribution in [0.15, 0.2) is 35.5 Å². The predicted molar refractivity (Wildman–Crippen MR) is 83.4 cm³/mol. The number of amides is 2. The number of rotatable bonds is 7. The molecule has 13 heteroatoms. The standard InChI is InChI=1S/C13H13F2N5O5S/c1-2-24-13-17-7-16-11(19-13)18-12(21)20-26(22,23)9-6-4-3-5-8(9)25-10(14)15/h3-7,10H,2H2,1H3,(H2,16,17,18,19,20,21). The molecule has 0 aliphatic heterocycles. The van der Waals surface area contributed by atoms with Gasteiger partial charge in [0, 0.05) is 0 Å². The molecular weight excluding hydrogens is 376 g/mol. The minimum Gasteiger partial charge on any atom is -0.464 e. The third-order valence-electron chi connectivity index (χ3n) is 2.63. The zero-order chi connectivity index (χ0) is 19.2. The molecule has 140 valence electrons. The summed E-state index contributed by atoms with van der Waals surface area (Å²) in [5.41, 5.74) is 0. The highest BCUT2D eigenvalue weighted by Crippen LogP contribution is 2.24. The highest BCUT2D eigenvalue weighted by molar-refractivity contribution is 7.90. The van der Waals surface area contributed by atoms with E-state index in [1.54, 1.807) is 11.6 Å². The molecule has 10 nitrogen and oxygen atoms in total. The second-order valence-electron chi connectivity index (χ2n) is 4.41. The fraction of sp³-hybridized carbons (Fsp3) is 0.231. The van der Waals surface area contributed by atoms with Crippen molar-refractivity contribution in [3.63, 3.8) is 0 Å². The lowest BCUT2D eigenvalue weighted by molar-refractivity contribution is -0.0517. The van der Waals surface area contributed by atoms with Crippen molar-refractivity contribution in [1.82, 2.24) is 19.7 Å². The third kappa shape index (κ3) is 5.20. The van der Waals surface area contributed by atoms with Crippen molar-refractivity contribution in [2.45, 2.75) is 18.4 Å². The van der Waals surface area contributed by atoms with Crippen molar-refractivity contribution >= 4 is 22.0 Å². The minimum absolute atomic E-state index is 0.0728. The number of anilines is 1. The van der Waals surface area contributed by atoms with Crippen LogP contribution in [0.25, 0.3) is 0 Å². The number of carbonyl (C=O) groups excluding carboxylic acids is 1. The zero-order valence-electron chi connectivity index (χ0n) is 13.2. The number of nitrogens with one attached hydrogen (secondary N) is 2. The average molecular weight is 389 g/mol. The Bertz CT molecular complexity index is 881. The van der Waals surface area contributed by atoms with Crippen LogP contribution >= 0.6 is 0 Å². The van der Waals surface area contributed by atoms with E-state index in [9.17, 15) is 22.0 Å². The number of carbonyl (C=O) groups is 1. The number of halogens is 2. The summed E-state index contributed by atoms with van der Waals surface area (Å²) in [7, 11) is -4.50. The van der Waals surface area contributed by atoms with Gasteiger partial charge in [-0.3, -0.25) is 5.32 Å². The Morgan fingerprint density at radius 2 is 2.00 bits per heavy atom. The molecule has 0 bridgehead atoms. The Morgan fingerprint density at radius 1 is 1.27 bits per heavy atom. The fourth-order valence-corrected chi connectivity index (χ4v) is 2.75. The first-order valence-electron chi connectivity index (χ1n) is 7.01. The number of hydrogen-bond donors (Lipinski definition) is 2. The van der Waals surface area contributed by atoms with Gasteiger partial charge in [-0.05, 0) is 19.1 Å². The molecule has 0 atom stereocenters. The van der Waals surface area contributed by atoms with Crippen LogP contribution in [0.3, 0.4) is 0 Å². The Kier molecular flexibility index (Phi) is 6.16. The molecule has 0 saturated carbocycles. The summed E-state index contributed by atoms with van der Waals surface area (Å²) in [5, 5.41) is 2.07. The maximum Gasteiger partial charge on any atom is 0.387 e. The third-order valence-corrected chi connectivity index (χ3v) is 4.00. The highest BCUT2D eigenvalue weighted by atomic mass is 32.2. The monoisotopic (exact) mass is 389 g/mol. The van der Waals surface area contributed by atoms with Crippen LogP contribution in [0.4, 0.5) is 19.5 Å². The number of ether oxygens (including phenoxy) is 2. The Hall–Kier alpha value is -3.09. The van der Waals surface area contributed by atoms with E-state index in [1.807, 2.05) is 0 Å². The van der Waals surface area contributed by atoms with Gasteiger partial charge in [-0.2, -0.15) is 18.7 Å². The smallest absolute Gasteiger partial charge is 0.387 e. The molecule has 0 spiro atoms. The van der Waals surface area contributed by atoms with Gasteiger partial charge < -0.3 is 9.47 Å². The van der Waals surface area contributed by atoms with Crippen molar-refractivity contribution in [1.29, 1.82) is 0 Å². The van der Waals surface area contributed by atoms with Crippen molar-refractivity contribution in [3.8, 4) is 11.8 Å². The number of sulfonamides is 1. The number of aromatic nitrogens is 3. The molecular formula is C13H13F2N5O5S. The van der Waals surface area contributed by atoms with Gasteiger partial charge in [0.1, 0.15) is 17.0 Å². The van der Waals surface area contributed by atoms with E-state index in [-0.39, 0.29) is 18.6 Å². The van der Waals surface area contributed by atoms with Crippen LogP contribution in [0.1, 0.15) is 6.92 Å². The van der Waals surface area contributed by atoms with Crippen LogP contribution in [0.5, 0.6) is 11.8 Å². The van der Waals surface area contributed by atoms with Crippen LogP contribution in [-0.2, 0) is 10.0 Å². The van der Waals surface area contributed by atoms with Crippen molar-refractivity contribution in [2.24, 2.45) is 0 Å². The first-order chi connectivity index (χ1) is 12.3. The highest BCUT2D eigenvalue weighted by Gasteiger charge is 2.24. The van der Waals surface area contributed by atoms with E-state index in [4.69, 9.17) is 4.74 Å². The van der Waals surface area contributed by atoms with Gasteiger partial charge in [0.2, 0.25) is 5.95 Å². The topological polar surface area (TPSA) is 132 Å². The quantitative estimate of drug-likeness (QED) is 0.726. The summed E-state index contributed by atoms with van der Waals surface area (Å²) in [6, 6.07) is 3.33. The van der Waals surface area contributed by atoms with Gasteiger partial charge in [-0.15, -0.1) is 0 Å². The zero-order valence-corrected chi connectivity index (χ0v) is 14.0. The van der Waals surface area contributed by atoms with Crippen LogP contribution in [-0.4, -0.2) is 42.6 Å². The second kappa shape index (κ2) is 8.33. The molecule has 0 fully saturated rings. The van der Waals surface area contributed by atoms with Crippen molar-refractivity contribution < 1.29 is 31.5 Å².